The van der Waals surface area contributed by atoms with Crippen LogP contribution >= 0.6 is 11.3 Å². The number of benzene rings is 1. The van der Waals surface area contributed by atoms with Crippen LogP contribution in [-0.2, 0) is 6.42 Å². The number of hydrogen-bond acceptors (Lipinski definition) is 3. The maximum atomic E-state index is 11.7. The lowest BCUT2D eigenvalue weighted by molar-refractivity contribution is 0.252. The summed E-state index contributed by atoms with van der Waals surface area (Å²) in [5, 5.41) is 6.22. The molecule has 2 N–H and O–H groups in total. The van der Waals surface area contributed by atoms with Gasteiger partial charge in [0.1, 0.15) is 0 Å². The van der Waals surface area contributed by atoms with Crippen LogP contribution in [0.4, 0.5) is 9.93 Å². The molecule has 19 heavy (non-hydrogen) atoms. The molecule has 0 atom stereocenters. The molecule has 5 heteroatoms. The number of anilines is 1. The molecule has 2 rings (SSSR count). The molecule has 2 amide bonds. The van der Waals surface area contributed by atoms with Gasteiger partial charge in [0.15, 0.2) is 5.13 Å². The number of nitrogens with zero attached hydrogens (tertiary/aromatic N) is 1. The third-order valence-corrected chi connectivity index (χ3v) is 3.78. The molecule has 0 spiro atoms. The highest BCUT2D eigenvalue weighted by Crippen LogP contribution is 2.20. The van der Waals surface area contributed by atoms with Crippen LogP contribution in [0.1, 0.15) is 16.1 Å². The van der Waals surface area contributed by atoms with Crippen LogP contribution in [0.25, 0.3) is 0 Å². The Labute approximate surface area is 116 Å². The van der Waals surface area contributed by atoms with Crippen molar-refractivity contribution in [2.45, 2.75) is 20.3 Å². The van der Waals surface area contributed by atoms with E-state index >= 15 is 0 Å². The monoisotopic (exact) mass is 275 g/mol. The number of rotatable bonds is 4. The van der Waals surface area contributed by atoms with Gasteiger partial charge in [-0.05, 0) is 25.8 Å². The Kier molecular flexibility index (Phi) is 4.52. The van der Waals surface area contributed by atoms with E-state index in [2.05, 4.69) is 15.6 Å². The van der Waals surface area contributed by atoms with Gasteiger partial charge in [-0.1, -0.05) is 30.3 Å². The Balaban J connectivity index is 1.76. The summed E-state index contributed by atoms with van der Waals surface area (Å²) in [5.41, 5.74) is 2.17. The van der Waals surface area contributed by atoms with Crippen molar-refractivity contribution in [3.63, 3.8) is 0 Å². The van der Waals surface area contributed by atoms with Gasteiger partial charge in [0.2, 0.25) is 0 Å². The third-order valence-electron chi connectivity index (χ3n) is 2.79. The van der Waals surface area contributed by atoms with E-state index in [9.17, 15) is 4.79 Å². The number of urea groups is 1. The summed E-state index contributed by atoms with van der Waals surface area (Å²) in [7, 11) is 0. The predicted octanol–water partition coefficient (Wildman–Crippen LogP) is 3.12. The number of aromatic nitrogens is 1. The zero-order valence-electron chi connectivity index (χ0n) is 11.1. The second kappa shape index (κ2) is 6.33. The fourth-order valence-electron chi connectivity index (χ4n) is 1.63. The van der Waals surface area contributed by atoms with Crippen molar-refractivity contribution in [3.05, 3.63) is 46.5 Å². The van der Waals surface area contributed by atoms with Crippen LogP contribution in [0.15, 0.2) is 30.3 Å². The first-order valence-electron chi connectivity index (χ1n) is 6.18. The number of nitrogens with one attached hydrogen (secondary N) is 2. The summed E-state index contributed by atoms with van der Waals surface area (Å²) in [6, 6.07) is 9.87. The van der Waals surface area contributed by atoms with Gasteiger partial charge in [-0.15, -0.1) is 11.3 Å². The van der Waals surface area contributed by atoms with E-state index in [1.54, 1.807) is 0 Å². The molecule has 0 aliphatic carbocycles. The van der Waals surface area contributed by atoms with E-state index in [1.165, 1.54) is 16.9 Å². The van der Waals surface area contributed by atoms with Crippen molar-refractivity contribution < 1.29 is 4.79 Å². The minimum atomic E-state index is -0.204. The molecular formula is C14H17N3OS. The van der Waals surface area contributed by atoms with Gasteiger partial charge in [0.05, 0.1) is 5.69 Å². The first-order chi connectivity index (χ1) is 9.15. The van der Waals surface area contributed by atoms with Crippen LogP contribution in [0.2, 0.25) is 0 Å². The van der Waals surface area contributed by atoms with Crippen molar-refractivity contribution in [2.75, 3.05) is 11.9 Å². The third kappa shape index (κ3) is 4.06. The second-order valence-corrected chi connectivity index (χ2v) is 5.48. The Morgan fingerprint density at radius 3 is 2.63 bits per heavy atom. The average Bonchev–Trinajstić information content (AvgIpc) is 2.69. The Hall–Kier alpha value is -1.88. The molecule has 1 aromatic carbocycles. The van der Waals surface area contributed by atoms with Gasteiger partial charge in [0.25, 0.3) is 0 Å². The molecule has 0 aliphatic heterocycles. The minimum absolute atomic E-state index is 0.204. The molecular weight excluding hydrogens is 258 g/mol. The second-order valence-electron chi connectivity index (χ2n) is 4.28. The number of aryl methyl sites for hydroxylation is 2. The van der Waals surface area contributed by atoms with E-state index in [0.29, 0.717) is 11.7 Å². The molecule has 2 aromatic rings. The topological polar surface area (TPSA) is 54.0 Å². The maximum Gasteiger partial charge on any atom is 0.321 e. The van der Waals surface area contributed by atoms with Crippen molar-refractivity contribution >= 4 is 22.5 Å². The lowest BCUT2D eigenvalue weighted by Gasteiger charge is -2.05. The lowest BCUT2D eigenvalue weighted by Crippen LogP contribution is -2.30. The molecule has 0 saturated carbocycles. The Morgan fingerprint density at radius 2 is 2.00 bits per heavy atom. The first kappa shape index (κ1) is 13.5. The summed E-state index contributed by atoms with van der Waals surface area (Å²) in [4.78, 5) is 17.1. The molecule has 4 nitrogen and oxygen atoms in total. The quantitative estimate of drug-likeness (QED) is 0.900. The van der Waals surface area contributed by atoms with Crippen molar-refractivity contribution in [1.82, 2.24) is 10.3 Å². The molecule has 100 valence electrons. The van der Waals surface area contributed by atoms with Gasteiger partial charge in [-0.2, -0.15) is 0 Å². The zero-order valence-corrected chi connectivity index (χ0v) is 11.9. The van der Waals surface area contributed by atoms with Gasteiger partial charge in [-0.3, -0.25) is 5.32 Å². The summed E-state index contributed by atoms with van der Waals surface area (Å²) in [6.07, 6.45) is 0.824. The van der Waals surface area contributed by atoms with Gasteiger partial charge in [0, 0.05) is 11.4 Å². The highest BCUT2D eigenvalue weighted by atomic mass is 32.1. The maximum absolute atomic E-state index is 11.7. The molecule has 0 aliphatic rings. The average molecular weight is 275 g/mol. The smallest absolute Gasteiger partial charge is 0.321 e. The highest BCUT2D eigenvalue weighted by Gasteiger charge is 2.06. The number of amides is 2. The van der Waals surface area contributed by atoms with Gasteiger partial charge in [-0.25, -0.2) is 9.78 Å². The summed E-state index contributed by atoms with van der Waals surface area (Å²) >= 11 is 1.49. The molecule has 0 bridgehead atoms. The first-order valence-corrected chi connectivity index (χ1v) is 6.99. The number of thiazole rings is 1. The van der Waals surface area contributed by atoms with E-state index in [4.69, 9.17) is 0 Å². The standard InChI is InChI=1S/C14H17N3OS/c1-10-11(2)19-14(16-10)17-13(18)15-9-8-12-6-4-3-5-7-12/h3-7H,8-9H2,1-2H3,(H2,15,16,17,18). The number of hydrogen-bond donors (Lipinski definition) is 2. The Bertz CT molecular complexity index is 532. The van der Waals surface area contributed by atoms with Crippen LogP contribution in [-0.4, -0.2) is 17.6 Å². The molecule has 0 saturated heterocycles. The summed E-state index contributed by atoms with van der Waals surface area (Å²) < 4.78 is 0. The Morgan fingerprint density at radius 1 is 1.26 bits per heavy atom. The van der Waals surface area contributed by atoms with Gasteiger partial charge >= 0.3 is 6.03 Å². The van der Waals surface area contributed by atoms with Crippen molar-refractivity contribution in [1.29, 1.82) is 0 Å². The van der Waals surface area contributed by atoms with Gasteiger partial charge < -0.3 is 5.32 Å². The SMILES string of the molecule is Cc1nc(NC(=O)NCCc2ccccc2)sc1C. The molecule has 1 heterocycles. The number of carbonyl (C=O) groups excluding carboxylic acids is 1. The summed E-state index contributed by atoms with van der Waals surface area (Å²) in [6.45, 7) is 4.54. The van der Waals surface area contributed by atoms with Crippen molar-refractivity contribution in [3.8, 4) is 0 Å². The predicted molar refractivity (Wildman–Crippen MR) is 78.8 cm³/mol. The lowest BCUT2D eigenvalue weighted by atomic mass is 10.1. The largest absolute Gasteiger partial charge is 0.337 e. The minimum Gasteiger partial charge on any atom is -0.337 e. The molecule has 0 fully saturated rings. The summed E-state index contributed by atoms with van der Waals surface area (Å²) in [5.74, 6) is 0. The normalized spacial score (nSPS) is 10.2. The van der Waals surface area contributed by atoms with Crippen LogP contribution in [0, 0.1) is 13.8 Å². The van der Waals surface area contributed by atoms with E-state index < -0.39 is 0 Å². The number of carbonyl (C=O) groups is 1. The molecule has 0 unspecified atom stereocenters. The van der Waals surface area contributed by atoms with Crippen molar-refractivity contribution in [2.24, 2.45) is 0 Å². The highest BCUT2D eigenvalue weighted by molar-refractivity contribution is 7.15. The fourth-order valence-corrected chi connectivity index (χ4v) is 2.44. The van der Waals surface area contributed by atoms with E-state index in [-0.39, 0.29) is 6.03 Å². The van der Waals surface area contributed by atoms with E-state index in [1.807, 2.05) is 44.2 Å². The molecule has 1 aromatic heterocycles. The van der Waals surface area contributed by atoms with E-state index in [0.717, 1.165) is 17.0 Å². The van der Waals surface area contributed by atoms with Crippen LogP contribution in [0.5, 0.6) is 0 Å². The van der Waals surface area contributed by atoms with Crippen LogP contribution in [0.3, 0.4) is 0 Å². The fraction of sp³-hybridized carbons (Fsp3) is 0.286. The molecule has 0 radical (unpaired) electrons. The van der Waals surface area contributed by atoms with Crippen LogP contribution < -0.4 is 10.6 Å². The zero-order chi connectivity index (χ0) is 13.7.